The van der Waals surface area contributed by atoms with Crippen molar-refractivity contribution in [2.45, 2.75) is 11.0 Å². The minimum absolute atomic E-state index is 0.128. The molecule has 0 unspecified atom stereocenters. The summed E-state index contributed by atoms with van der Waals surface area (Å²) in [5, 5.41) is -0.546. The Kier molecular flexibility index (Phi) is 4.33. The topological polar surface area (TPSA) is 89.7 Å². The standard InChI is InChI=1S/C15H16N2O5S/c18-15(10-22-12-3-1-5-16-7-12)17-8-14(9-17)23(19,20)11-13-4-2-6-21-13/h1-7,14H,8-11H2. The van der Waals surface area contributed by atoms with E-state index in [0.29, 0.717) is 11.5 Å². The maximum atomic E-state index is 12.2. The number of likely N-dealkylation sites (tertiary alicyclic amines) is 1. The molecule has 122 valence electrons. The number of pyridine rings is 1. The van der Waals surface area contributed by atoms with E-state index in [0.717, 1.165) is 0 Å². The van der Waals surface area contributed by atoms with E-state index in [1.54, 1.807) is 30.5 Å². The van der Waals surface area contributed by atoms with Gasteiger partial charge in [-0.25, -0.2) is 8.42 Å². The van der Waals surface area contributed by atoms with Gasteiger partial charge in [0.05, 0.1) is 17.7 Å². The van der Waals surface area contributed by atoms with E-state index in [2.05, 4.69) is 4.98 Å². The van der Waals surface area contributed by atoms with Crippen molar-refractivity contribution >= 4 is 15.7 Å². The average Bonchev–Trinajstić information content (AvgIpc) is 2.96. The molecule has 1 fully saturated rings. The molecular formula is C15H16N2O5S. The molecule has 3 heterocycles. The zero-order valence-electron chi connectivity index (χ0n) is 12.3. The number of hydrogen-bond acceptors (Lipinski definition) is 6. The van der Waals surface area contributed by atoms with Crippen LogP contribution in [0.15, 0.2) is 47.3 Å². The number of nitrogens with zero attached hydrogens (tertiary/aromatic N) is 2. The van der Waals surface area contributed by atoms with Crippen LogP contribution < -0.4 is 4.74 Å². The molecule has 0 bridgehead atoms. The van der Waals surface area contributed by atoms with E-state index < -0.39 is 15.1 Å². The van der Waals surface area contributed by atoms with E-state index in [-0.39, 0.29) is 31.4 Å². The highest BCUT2D eigenvalue weighted by molar-refractivity contribution is 7.91. The summed E-state index contributed by atoms with van der Waals surface area (Å²) in [5.41, 5.74) is 0. The molecule has 0 N–H and O–H groups in total. The van der Waals surface area contributed by atoms with Crippen molar-refractivity contribution in [3.05, 3.63) is 48.7 Å². The fraction of sp³-hybridized carbons (Fsp3) is 0.333. The first-order valence-electron chi connectivity index (χ1n) is 7.09. The second kappa shape index (κ2) is 6.41. The predicted molar refractivity (Wildman–Crippen MR) is 81.4 cm³/mol. The third kappa shape index (κ3) is 3.70. The van der Waals surface area contributed by atoms with Crippen LogP contribution in [0.4, 0.5) is 0 Å². The zero-order valence-corrected chi connectivity index (χ0v) is 13.1. The van der Waals surface area contributed by atoms with Crippen molar-refractivity contribution in [3.8, 4) is 5.75 Å². The summed E-state index contributed by atoms with van der Waals surface area (Å²) < 4.78 is 34.8. The van der Waals surface area contributed by atoms with Crippen LogP contribution in [0.3, 0.4) is 0 Å². The lowest BCUT2D eigenvalue weighted by atomic mass is 10.2. The van der Waals surface area contributed by atoms with Crippen molar-refractivity contribution in [3.63, 3.8) is 0 Å². The van der Waals surface area contributed by atoms with Crippen LogP contribution in [0.2, 0.25) is 0 Å². The molecule has 1 saturated heterocycles. The number of aromatic nitrogens is 1. The number of ether oxygens (including phenoxy) is 1. The van der Waals surface area contributed by atoms with Gasteiger partial charge in [0.1, 0.15) is 17.3 Å². The van der Waals surface area contributed by atoms with E-state index >= 15 is 0 Å². The molecule has 7 nitrogen and oxygen atoms in total. The second-order valence-electron chi connectivity index (χ2n) is 5.28. The van der Waals surface area contributed by atoms with Crippen LogP contribution in [0.25, 0.3) is 0 Å². The molecule has 1 aliphatic heterocycles. The molecule has 2 aromatic rings. The highest BCUT2D eigenvalue weighted by atomic mass is 32.2. The Bertz CT molecular complexity index is 752. The molecule has 1 aliphatic rings. The predicted octanol–water partition coefficient (Wildman–Crippen LogP) is 0.879. The first-order chi connectivity index (χ1) is 11.0. The van der Waals surface area contributed by atoms with Gasteiger partial charge >= 0.3 is 0 Å². The number of hydrogen-bond donors (Lipinski definition) is 0. The van der Waals surface area contributed by atoms with Gasteiger partial charge in [-0.3, -0.25) is 9.78 Å². The van der Waals surface area contributed by atoms with Crippen molar-refractivity contribution in [1.29, 1.82) is 0 Å². The highest BCUT2D eigenvalue weighted by Crippen LogP contribution is 2.21. The first-order valence-corrected chi connectivity index (χ1v) is 8.81. The average molecular weight is 336 g/mol. The molecule has 2 aromatic heterocycles. The number of amides is 1. The fourth-order valence-electron chi connectivity index (χ4n) is 2.25. The lowest BCUT2D eigenvalue weighted by Crippen LogP contribution is -2.58. The number of carbonyl (C=O) groups is 1. The maximum absolute atomic E-state index is 12.2. The number of furan rings is 1. The summed E-state index contributed by atoms with van der Waals surface area (Å²) in [7, 11) is -3.32. The van der Waals surface area contributed by atoms with Gasteiger partial charge in [0, 0.05) is 19.3 Å². The van der Waals surface area contributed by atoms with Crippen LogP contribution >= 0.6 is 0 Å². The van der Waals surface area contributed by atoms with Gasteiger partial charge in [-0.1, -0.05) is 0 Å². The maximum Gasteiger partial charge on any atom is 0.260 e. The summed E-state index contributed by atoms with van der Waals surface area (Å²) in [6, 6.07) is 6.69. The largest absolute Gasteiger partial charge is 0.482 e. The van der Waals surface area contributed by atoms with Crippen LogP contribution in [0.1, 0.15) is 5.76 Å². The first kappa shape index (κ1) is 15.5. The van der Waals surface area contributed by atoms with Crippen LogP contribution in [-0.4, -0.2) is 49.2 Å². The van der Waals surface area contributed by atoms with Gasteiger partial charge in [-0.05, 0) is 24.3 Å². The zero-order chi connectivity index (χ0) is 16.3. The summed E-state index contributed by atoms with van der Waals surface area (Å²) in [4.78, 5) is 17.3. The van der Waals surface area contributed by atoms with E-state index in [1.807, 2.05) is 0 Å². The van der Waals surface area contributed by atoms with E-state index in [1.165, 1.54) is 17.4 Å². The Morgan fingerprint density at radius 2 is 2.17 bits per heavy atom. The lowest BCUT2D eigenvalue weighted by Gasteiger charge is -2.38. The Labute approximate surface area is 133 Å². The molecule has 1 amide bonds. The SMILES string of the molecule is O=C(COc1cccnc1)N1CC(S(=O)(=O)Cc2ccco2)C1. The van der Waals surface area contributed by atoms with Gasteiger partial charge < -0.3 is 14.1 Å². The van der Waals surface area contributed by atoms with Gasteiger partial charge in [-0.2, -0.15) is 0 Å². The fourth-order valence-corrected chi connectivity index (χ4v) is 3.86. The minimum Gasteiger partial charge on any atom is -0.482 e. The molecule has 0 aliphatic carbocycles. The monoisotopic (exact) mass is 336 g/mol. The van der Waals surface area contributed by atoms with Crippen LogP contribution in [-0.2, 0) is 20.4 Å². The van der Waals surface area contributed by atoms with E-state index in [4.69, 9.17) is 9.15 Å². The van der Waals surface area contributed by atoms with Crippen molar-refractivity contribution < 1.29 is 22.4 Å². The second-order valence-corrected chi connectivity index (χ2v) is 7.57. The van der Waals surface area contributed by atoms with E-state index in [9.17, 15) is 13.2 Å². The summed E-state index contributed by atoms with van der Waals surface area (Å²) in [6.45, 7) is 0.257. The summed E-state index contributed by atoms with van der Waals surface area (Å²) >= 11 is 0. The molecule has 23 heavy (non-hydrogen) atoms. The third-order valence-corrected chi connectivity index (χ3v) is 5.63. The summed E-state index contributed by atoms with van der Waals surface area (Å²) in [6.07, 6.45) is 4.57. The molecule has 0 radical (unpaired) electrons. The molecule has 8 heteroatoms. The smallest absolute Gasteiger partial charge is 0.260 e. The molecule has 3 rings (SSSR count). The molecule has 0 saturated carbocycles. The van der Waals surface area contributed by atoms with Crippen LogP contribution in [0.5, 0.6) is 5.75 Å². The Morgan fingerprint density at radius 3 is 2.83 bits per heavy atom. The van der Waals surface area contributed by atoms with Crippen molar-refractivity contribution in [2.24, 2.45) is 0 Å². The number of sulfone groups is 1. The quantitative estimate of drug-likeness (QED) is 0.778. The number of rotatable bonds is 6. The minimum atomic E-state index is -3.32. The van der Waals surface area contributed by atoms with Gasteiger partial charge in [0.15, 0.2) is 16.4 Å². The van der Waals surface area contributed by atoms with Crippen molar-refractivity contribution in [1.82, 2.24) is 9.88 Å². The van der Waals surface area contributed by atoms with Crippen LogP contribution in [0, 0.1) is 0 Å². The molecule has 0 atom stereocenters. The molecule has 0 aromatic carbocycles. The Morgan fingerprint density at radius 1 is 1.35 bits per heavy atom. The number of carbonyl (C=O) groups excluding carboxylic acids is 1. The lowest BCUT2D eigenvalue weighted by molar-refractivity contribution is -0.136. The highest BCUT2D eigenvalue weighted by Gasteiger charge is 2.40. The Balaban J connectivity index is 1.47. The molecular weight excluding hydrogens is 320 g/mol. The van der Waals surface area contributed by atoms with Gasteiger partial charge in [-0.15, -0.1) is 0 Å². The third-order valence-electron chi connectivity index (χ3n) is 3.63. The Hall–Kier alpha value is -2.35. The normalized spacial score (nSPS) is 15.2. The van der Waals surface area contributed by atoms with Gasteiger partial charge in [0.2, 0.25) is 0 Å². The van der Waals surface area contributed by atoms with Gasteiger partial charge in [0.25, 0.3) is 5.91 Å². The molecule has 0 spiro atoms. The van der Waals surface area contributed by atoms with Crippen molar-refractivity contribution in [2.75, 3.05) is 19.7 Å². The summed E-state index contributed by atoms with van der Waals surface area (Å²) in [5.74, 6) is 0.537.